The summed E-state index contributed by atoms with van der Waals surface area (Å²) in [5, 5.41) is 6.64. The molecule has 1 atom stereocenters. The maximum atomic E-state index is 12.5. The Morgan fingerprint density at radius 1 is 1.19 bits per heavy atom. The summed E-state index contributed by atoms with van der Waals surface area (Å²) in [6.45, 7) is 4.70. The van der Waals surface area contributed by atoms with Crippen molar-refractivity contribution >= 4 is 28.9 Å². The second-order valence-electron chi connectivity index (χ2n) is 6.02. The van der Waals surface area contributed by atoms with Crippen LogP contribution in [0.3, 0.4) is 0 Å². The number of fused-ring (bicyclic) bond motifs is 1. The summed E-state index contributed by atoms with van der Waals surface area (Å²) in [6.07, 6.45) is 0. The molecule has 2 aromatic carbocycles. The van der Waals surface area contributed by atoms with Crippen molar-refractivity contribution in [2.24, 2.45) is 0 Å². The molecule has 3 rings (SSSR count). The Kier molecular flexibility index (Phi) is 5.42. The van der Waals surface area contributed by atoms with Crippen LogP contribution in [0.5, 0.6) is 17.2 Å². The van der Waals surface area contributed by atoms with Crippen LogP contribution in [0.2, 0.25) is 5.02 Å². The highest BCUT2D eigenvalue weighted by atomic mass is 35.5. The zero-order valence-electron chi connectivity index (χ0n) is 14.9. The number of hydrogen-bond acceptors (Lipinski definition) is 5. The van der Waals surface area contributed by atoms with Crippen LogP contribution in [-0.4, -0.2) is 32.3 Å². The zero-order chi connectivity index (χ0) is 18.7. The van der Waals surface area contributed by atoms with Gasteiger partial charge in [0.1, 0.15) is 25.0 Å². The molecule has 0 spiro atoms. The Labute approximate surface area is 157 Å². The maximum Gasteiger partial charge on any atom is 0.246 e. The molecule has 0 saturated carbocycles. The summed E-state index contributed by atoms with van der Waals surface area (Å²) in [5.74, 6) is 1.71. The van der Waals surface area contributed by atoms with Crippen LogP contribution in [0.25, 0.3) is 0 Å². The number of carbonyl (C=O) groups is 1. The monoisotopic (exact) mass is 376 g/mol. The highest BCUT2D eigenvalue weighted by molar-refractivity contribution is 6.31. The summed E-state index contributed by atoms with van der Waals surface area (Å²) in [4.78, 5) is 12.5. The molecule has 1 heterocycles. The van der Waals surface area contributed by atoms with Crippen LogP contribution in [-0.2, 0) is 4.79 Å². The van der Waals surface area contributed by atoms with Crippen molar-refractivity contribution in [2.45, 2.75) is 19.9 Å². The van der Waals surface area contributed by atoms with Crippen LogP contribution in [0.1, 0.15) is 12.5 Å². The third-order valence-electron chi connectivity index (χ3n) is 4.06. The summed E-state index contributed by atoms with van der Waals surface area (Å²) >= 11 is 6.12. The third kappa shape index (κ3) is 3.96. The molecular formula is C19H21ClN2O4. The van der Waals surface area contributed by atoms with E-state index in [9.17, 15) is 4.79 Å². The second kappa shape index (κ2) is 7.74. The number of nitrogens with one attached hydrogen (secondary N) is 2. The van der Waals surface area contributed by atoms with Crippen LogP contribution >= 0.6 is 11.6 Å². The van der Waals surface area contributed by atoms with E-state index in [2.05, 4.69) is 10.6 Å². The Bertz CT molecular complexity index is 825. The molecule has 2 aromatic rings. The van der Waals surface area contributed by atoms with Gasteiger partial charge in [0.25, 0.3) is 0 Å². The second-order valence-corrected chi connectivity index (χ2v) is 6.42. The Balaban J connectivity index is 1.69. The molecule has 0 saturated heterocycles. The van der Waals surface area contributed by atoms with Gasteiger partial charge in [-0.05, 0) is 37.6 Å². The lowest BCUT2D eigenvalue weighted by atomic mass is 10.2. The van der Waals surface area contributed by atoms with Gasteiger partial charge in [0.15, 0.2) is 11.5 Å². The van der Waals surface area contributed by atoms with Crippen molar-refractivity contribution < 1.29 is 19.0 Å². The van der Waals surface area contributed by atoms with Gasteiger partial charge >= 0.3 is 0 Å². The van der Waals surface area contributed by atoms with E-state index in [1.165, 1.54) is 0 Å². The van der Waals surface area contributed by atoms with Crippen molar-refractivity contribution in [1.29, 1.82) is 0 Å². The van der Waals surface area contributed by atoms with Crippen LogP contribution in [0.4, 0.5) is 11.4 Å². The van der Waals surface area contributed by atoms with E-state index in [0.717, 1.165) is 5.56 Å². The van der Waals surface area contributed by atoms with E-state index in [1.54, 1.807) is 38.3 Å². The molecule has 0 fully saturated rings. The van der Waals surface area contributed by atoms with Gasteiger partial charge in [0.2, 0.25) is 5.91 Å². The lowest BCUT2D eigenvalue weighted by Crippen LogP contribution is -2.32. The summed E-state index contributed by atoms with van der Waals surface area (Å²) in [5.41, 5.74) is 2.25. The smallest absolute Gasteiger partial charge is 0.246 e. The molecule has 1 aliphatic rings. The van der Waals surface area contributed by atoms with Crippen molar-refractivity contribution in [3.8, 4) is 17.2 Å². The molecule has 0 aliphatic carbocycles. The van der Waals surface area contributed by atoms with Gasteiger partial charge in [-0.2, -0.15) is 0 Å². The lowest BCUT2D eigenvalue weighted by molar-refractivity contribution is -0.116. The minimum atomic E-state index is -0.488. The molecule has 26 heavy (non-hydrogen) atoms. The van der Waals surface area contributed by atoms with Gasteiger partial charge in [-0.25, -0.2) is 0 Å². The summed E-state index contributed by atoms with van der Waals surface area (Å²) < 4.78 is 16.4. The largest absolute Gasteiger partial charge is 0.495 e. The molecule has 1 amide bonds. The number of halogens is 1. The lowest BCUT2D eigenvalue weighted by Gasteiger charge is -2.20. The third-order valence-corrected chi connectivity index (χ3v) is 4.46. The topological polar surface area (TPSA) is 68.8 Å². The highest BCUT2D eigenvalue weighted by Gasteiger charge is 2.18. The molecule has 2 N–H and O–H groups in total. The summed E-state index contributed by atoms with van der Waals surface area (Å²) in [6, 6.07) is 8.42. The predicted octanol–water partition coefficient (Wildman–Crippen LogP) is 3.87. The first-order chi connectivity index (χ1) is 12.5. The SMILES string of the molecule is COc1cc(Cl)c(C)cc1NC(C)C(=O)Nc1ccc2c(c1)OCCO2. The van der Waals surface area contributed by atoms with Crippen molar-refractivity contribution in [3.63, 3.8) is 0 Å². The Hall–Kier alpha value is -2.60. The Morgan fingerprint density at radius 3 is 2.65 bits per heavy atom. The minimum absolute atomic E-state index is 0.184. The molecule has 0 aromatic heterocycles. The van der Waals surface area contributed by atoms with Crippen LogP contribution in [0, 0.1) is 6.92 Å². The number of ether oxygens (including phenoxy) is 3. The first-order valence-electron chi connectivity index (χ1n) is 8.29. The fourth-order valence-electron chi connectivity index (χ4n) is 2.62. The molecule has 1 aliphatic heterocycles. The number of methoxy groups -OCH3 is 1. The zero-order valence-corrected chi connectivity index (χ0v) is 15.6. The number of carbonyl (C=O) groups excluding carboxylic acids is 1. The van der Waals surface area contributed by atoms with Crippen molar-refractivity contribution in [2.75, 3.05) is 31.0 Å². The predicted molar refractivity (Wildman–Crippen MR) is 102 cm³/mol. The van der Waals surface area contributed by atoms with Crippen LogP contribution in [0.15, 0.2) is 30.3 Å². The van der Waals surface area contributed by atoms with E-state index in [4.69, 9.17) is 25.8 Å². The van der Waals surface area contributed by atoms with E-state index >= 15 is 0 Å². The Morgan fingerprint density at radius 2 is 1.92 bits per heavy atom. The van der Waals surface area contributed by atoms with Gasteiger partial charge in [-0.15, -0.1) is 0 Å². The highest BCUT2D eigenvalue weighted by Crippen LogP contribution is 2.33. The average molecular weight is 377 g/mol. The van der Waals surface area contributed by atoms with Crippen LogP contribution < -0.4 is 24.8 Å². The summed E-state index contributed by atoms with van der Waals surface area (Å²) in [7, 11) is 1.56. The normalized spacial score (nSPS) is 13.7. The molecule has 6 nitrogen and oxygen atoms in total. The standard InChI is InChI=1S/C19H21ClN2O4/c1-11-8-15(17(24-3)10-14(11)20)21-12(2)19(23)22-13-4-5-16-18(9-13)26-7-6-25-16/h4-5,8-10,12,21H,6-7H2,1-3H3,(H,22,23). The van der Waals surface area contributed by atoms with E-state index < -0.39 is 6.04 Å². The average Bonchev–Trinajstić information content (AvgIpc) is 2.64. The van der Waals surface area contributed by atoms with Gasteiger partial charge < -0.3 is 24.8 Å². The quantitative estimate of drug-likeness (QED) is 0.829. The first-order valence-corrected chi connectivity index (χ1v) is 8.67. The molecule has 1 unspecified atom stereocenters. The maximum absolute atomic E-state index is 12.5. The van der Waals surface area contributed by atoms with Gasteiger partial charge in [-0.1, -0.05) is 11.6 Å². The number of anilines is 2. The molecule has 0 radical (unpaired) electrons. The van der Waals surface area contributed by atoms with Crippen molar-refractivity contribution in [1.82, 2.24) is 0 Å². The van der Waals surface area contributed by atoms with Gasteiger partial charge in [0.05, 0.1) is 12.8 Å². The van der Waals surface area contributed by atoms with Gasteiger partial charge in [0, 0.05) is 22.8 Å². The van der Waals surface area contributed by atoms with Gasteiger partial charge in [-0.3, -0.25) is 4.79 Å². The van der Waals surface area contributed by atoms with Crippen molar-refractivity contribution in [3.05, 3.63) is 40.9 Å². The van der Waals surface area contributed by atoms with E-state index in [-0.39, 0.29) is 5.91 Å². The number of rotatable bonds is 5. The molecule has 138 valence electrons. The number of amides is 1. The van der Waals surface area contributed by atoms with E-state index in [0.29, 0.717) is 46.9 Å². The number of hydrogen-bond donors (Lipinski definition) is 2. The first kappa shape index (κ1) is 18.2. The minimum Gasteiger partial charge on any atom is -0.495 e. The number of aryl methyl sites for hydroxylation is 1. The number of benzene rings is 2. The fourth-order valence-corrected chi connectivity index (χ4v) is 2.77. The van der Waals surface area contributed by atoms with E-state index in [1.807, 2.05) is 13.0 Å². The molecular weight excluding hydrogens is 356 g/mol. The molecule has 0 bridgehead atoms. The fraction of sp³-hybridized carbons (Fsp3) is 0.316. The molecule has 7 heteroatoms.